The third-order valence-corrected chi connectivity index (χ3v) is 4.51. The van der Waals surface area contributed by atoms with Crippen molar-refractivity contribution in [2.24, 2.45) is 0 Å². The SMILES string of the molecule is Cc1cc2ncc(/C=C\S(=O)(=O)NO)cc2n1-c1ccc(Cl)cc1. The lowest BCUT2D eigenvalue weighted by Gasteiger charge is -2.08. The highest BCUT2D eigenvalue weighted by Gasteiger charge is 2.09. The van der Waals surface area contributed by atoms with Crippen molar-refractivity contribution in [3.63, 3.8) is 0 Å². The van der Waals surface area contributed by atoms with Crippen LogP contribution < -0.4 is 4.89 Å². The van der Waals surface area contributed by atoms with Gasteiger partial charge in [-0.25, -0.2) is 8.42 Å². The molecule has 3 rings (SSSR count). The second kappa shape index (κ2) is 6.37. The molecular weight excluding hydrogens is 350 g/mol. The number of benzene rings is 1. The summed E-state index contributed by atoms with van der Waals surface area (Å²) >= 11 is 5.94. The lowest BCUT2D eigenvalue weighted by molar-refractivity contribution is 0.244. The first-order valence-corrected chi connectivity index (χ1v) is 8.90. The first-order valence-electron chi connectivity index (χ1n) is 6.98. The average Bonchev–Trinajstić information content (AvgIpc) is 2.89. The van der Waals surface area contributed by atoms with Gasteiger partial charge < -0.3 is 9.77 Å². The summed E-state index contributed by atoms with van der Waals surface area (Å²) in [5, 5.41) is 10.1. The van der Waals surface area contributed by atoms with E-state index in [1.54, 1.807) is 18.3 Å². The van der Waals surface area contributed by atoms with E-state index in [2.05, 4.69) is 4.98 Å². The van der Waals surface area contributed by atoms with E-state index >= 15 is 0 Å². The largest absolute Gasteiger partial charge is 0.312 e. The minimum absolute atomic E-state index is 0.592. The summed E-state index contributed by atoms with van der Waals surface area (Å²) in [6.07, 6.45) is 2.93. The molecule has 0 fully saturated rings. The third-order valence-electron chi connectivity index (χ3n) is 3.51. The fourth-order valence-electron chi connectivity index (χ4n) is 2.44. The molecule has 124 valence electrons. The van der Waals surface area contributed by atoms with Crippen LogP contribution in [0.15, 0.2) is 48.0 Å². The Labute approximate surface area is 144 Å². The predicted molar refractivity (Wildman–Crippen MR) is 93.7 cm³/mol. The second-order valence-corrected chi connectivity index (χ2v) is 7.19. The van der Waals surface area contributed by atoms with Gasteiger partial charge in [0.25, 0.3) is 10.0 Å². The van der Waals surface area contributed by atoms with Crippen LogP contribution in [0.25, 0.3) is 22.8 Å². The average molecular weight is 364 g/mol. The van der Waals surface area contributed by atoms with Gasteiger partial charge in [0, 0.05) is 28.0 Å². The molecule has 0 aliphatic rings. The molecule has 3 aromatic rings. The predicted octanol–water partition coefficient (Wildman–Crippen LogP) is 3.27. The number of aromatic nitrogens is 2. The van der Waals surface area contributed by atoms with Crippen molar-refractivity contribution in [1.29, 1.82) is 0 Å². The normalized spacial score (nSPS) is 12.3. The Morgan fingerprint density at radius 1 is 1.25 bits per heavy atom. The highest BCUT2D eigenvalue weighted by molar-refractivity contribution is 7.92. The Bertz CT molecular complexity index is 1020. The molecule has 0 unspecified atom stereocenters. The van der Waals surface area contributed by atoms with Gasteiger partial charge in [-0.1, -0.05) is 16.5 Å². The van der Waals surface area contributed by atoms with Crippen molar-refractivity contribution >= 4 is 38.7 Å². The van der Waals surface area contributed by atoms with Crippen molar-refractivity contribution in [1.82, 2.24) is 14.4 Å². The van der Waals surface area contributed by atoms with Crippen LogP contribution >= 0.6 is 11.6 Å². The minimum atomic E-state index is -3.86. The van der Waals surface area contributed by atoms with Gasteiger partial charge in [0.15, 0.2) is 0 Å². The maximum Gasteiger partial charge on any atom is 0.255 e. The smallest absolute Gasteiger partial charge is 0.255 e. The van der Waals surface area contributed by atoms with Gasteiger partial charge in [-0.15, -0.1) is 0 Å². The number of nitrogens with one attached hydrogen (secondary N) is 1. The summed E-state index contributed by atoms with van der Waals surface area (Å²) in [5.74, 6) is 0. The van der Waals surface area contributed by atoms with Gasteiger partial charge in [-0.2, -0.15) is 0 Å². The number of hydrogen-bond donors (Lipinski definition) is 2. The van der Waals surface area contributed by atoms with Crippen molar-refractivity contribution in [3.8, 4) is 5.69 Å². The molecular formula is C16H14ClN3O3S. The zero-order chi connectivity index (χ0) is 17.3. The first-order chi connectivity index (χ1) is 11.4. The number of rotatable bonds is 4. The number of fused-ring (bicyclic) bond motifs is 1. The zero-order valence-electron chi connectivity index (χ0n) is 12.6. The molecule has 6 nitrogen and oxygen atoms in total. The molecule has 0 saturated carbocycles. The lowest BCUT2D eigenvalue weighted by atomic mass is 10.2. The van der Waals surface area contributed by atoms with Crippen LogP contribution in [0.5, 0.6) is 0 Å². The number of halogens is 1. The van der Waals surface area contributed by atoms with E-state index in [9.17, 15) is 8.42 Å². The number of aryl methyl sites for hydroxylation is 1. The molecule has 2 N–H and O–H groups in total. The van der Waals surface area contributed by atoms with E-state index in [0.717, 1.165) is 27.8 Å². The van der Waals surface area contributed by atoms with Crippen molar-refractivity contribution in [2.45, 2.75) is 6.92 Å². The summed E-state index contributed by atoms with van der Waals surface area (Å²) in [6.45, 7) is 1.96. The standard InChI is InChI=1S/C16H14ClN3O3S/c1-11-8-15-16(20(11)14-4-2-13(17)3-5-14)9-12(10-18-15)6-7-24(22,23)19-21/h2-10,19,21H,1H3/b7-6-. The van der Waals surface area contributed by atoms with E-state index in [1.807, 2.05) is 35.8 Å². The molecule has 24 heavy (non-hydrogen) atoms. The summed E-state index contributed by atoms with van der Waals surface area (Å²) in [4.78, 5) is 5.60. The second-order valence-electron chi connectivity index (χ2n) is 5.21. The Morgan fingerprint density at radius 3 is 2.62 bits per heavy atom. The van der Waals surface area contributed by atoms with Gasteiger partial charge in [-0.05, 0) is 55.0 Å². The van der Waals surface area contributed by atoms with Crippen LogP contribution in [-0.2, 0) is 10.0 Å². The van der Waals surface area contributed by atoms with E-state index in [4.69, 9.17) is 16.8 Å². The monoisotopic (exact) mass is 363 g/mol. The van der Waals surface area contributed by atoms with Gasteiger partial charge in [0.1, 0.15) is 0 Å². The Balaban J connectivity index is 2.12. The molecule has 0 aliphatic heterocycles. The van der Waals surface area contributed by atoms with E-state index in [0.29, 0.717) is 10.6 Å². The quantitative estimate of drug-likeness (QED) is 0.697. The molecule has 0 spiro atoms. The minimum Gasteiger partial charge on any atom is -0.312 e. The number of sulfonamides is 1. The maximum absolute atomic E-state index is 11.3. The maximum atomic E-state index is 11.3. The van der Waals surface area contributed by atoms with Gasteiger partial charge in [0.05, 0.1) is 11.0 Å². The van der Waals surface area contributed by atoms with Crippen molar-refractivity contribution in [2.75, 3.05) is 0 Å². The molecule has 8 heteroatoms. The number of hydrogen-bond acceptors (Lipinski definition) is 4. The van der Waals surface area contributed by atoms with Crippen molar-refractivity contribution in [3.05, 3.63) is 64.3 Å². The van der Waals surface area contributed by atoms with Crippen LogP contribution in [-0.4, -0.2) is 23.2 Å². The molecule has 0 amide bonds. The Kier molecular flexibility index (Phi) is 4.42. The molecule has 2 heterocycles. The summed E-state index contributed by atoms with van der Waals surface area (Å²) in [7, 11) is -3.86. The van der Waals surface area contributed by atoms with Crippen molar-refractivity contribution < 1.29 is 13.6 Å². The molecule has 0 atom stereocenters. The van der Waals surface area contributed by atoms with Crippen LogP contribution in [0, 0.1) is 6.92 Å². The summed E-state index contributed by atoms with van der Waals surface area (Å²) < 4.78 is 24.6. The molecule has 0 radical (unpaired) electrons. The summed E-state index contributed by atoms with van der Waals surface area (Å²) in [6, 6.07) is 11.2. The highest BCUT2D eigenvalue weighted by atomic mass is 35.5. The highest BCUT2D eigenvalue weighted by Crippen LogP contribution is 2.25. The Hall–Kier alpha value is -2.19. The molecule has 0 saturated heterocycles. The van der Waals surface area contributed by atoms with Crippen LogP contribution in [0.2, 0.25) is 5.02 Å². The van der Waals surface area contributed by atoms with Crippen LogP contribution in [0.4, 0.5) is 0 Å². The van der Waals surface area contributed by atoms with E-state index < -0.39 is 10.0 Å². The molecule has 2 aromatic heterocycles. The van der Waals surface area contributed by atoms with Gasteiger partial charge >= 0.3 is 0 Å². The summed E-state index contributed by atoms with van der Waals surface area (Å²) in [5.41, 5.74) is 4.15. The number of pyridine rings is 1. The fourth-order valence-corrected chi connectivity index (χ4v) is 2.97. The van der Waals surface area contributed by atoms with E-state index in [-0.39, 0.29) is 0 Å². The van der Waals surface area contributed by atoms with Gasteiger partial charge in [0.2, 0.25) is 0 Å². The lowest BCUT2D eigenvalue weighted by Crippen LogP contribution is -2.15. The molecule has 0 aliphatic carbocycles. The number of nitrogens with zero attached hydrogens (tertiary/aromatic N) is 2. The molecule has 0 bridgehead atoms. The molecule has 1 aromatic carbocycles. The van der Waals surface area contributed by atoms with Crippen LogP contribution in [0.3, 0.4) is 0 Å². The third kappa shape index (κ3) is 3.34. The van der Waals surface area contributed by atoms with Crippen LogP contribution in [0.1, 0.15) is 11.3 Å². The topological polar surface area (TPSA) is 84.2 Å². The Morgan fingerprint density at radius 2 is 1.96 bits per heavy atom. The van der Waals surface area contributed by atoms with E-state index in [1.165, 1.54) is 11.0 Å². The zero-order valence-corrected chi connectivity index (χ0v) is 14.2. The first kappa shape index (κ1) is 16.7. The fraction of sp³-hybridized carbons (Fsp3) is 0.0625. The van der Waals surface area contributed by atoms with Gasteiger partial charge in [-0.3, -0.25) is 4.98 Å².